The third kappa shape index (κ3) is 4.05. The Morgan fingerprint density at radius 2 is 1.94 bits per heavy atom. The van der Waals surface area contributed by atoms with Gasteiger partial charge in [-0.2, -0.15) is 5.10 Å². The molecular formula is C25H27FN4O3. The number of methoxy groups -OCH3 is 1. The van der Waals surface area contributed by atoms with E-state index in [1.165, 1.54) is 10.6 Å². The van der Waals surface area contributed by atoms with E-state index in [0.29, 0.717) is 24.4 Å². The van der Waals surface area contributed by atoms with Gasteiger partial charge in [0.15, 0.2) is 0 Å². The molecule has 1 aliphatic heterocycles. The molecule has 1 atom stereocenters. The minimum absolute atomic E-state index is 0.164. The number of carbonyl (C=O) groups is 1. The van der Waals surface area contributed by atoms with Crippen molar-refractivity contribution >= 4 is 5.91 Å². The molecule has 1 aliphatic carbocycles. The van der Waals surface area contributed by atoms with Gasteiger partial charge >= 0.3 is 5.69 Å². The van der Waals surface area contributed by atoms with Crippen molar-refractivity contribution in [1.82, 2.24) is 19.7 Å². The first-order valence-corrected chi connectivity index (χ1v) is 11.3. The van der Waals surface area contributed by atoms with Gasteiger partial charge in [0.25, 0.3) is 0 Å². The van der Waals surface area contributed by atoms with Crippen molar-refractivity contribution in [2.45, 2.75) is 32.6 Å². The van der Waals surface area contributed by atoms with E-state index in [-0.39, 0.29) is 22.9 Å². The third-order valence-corrected chi connectivity index (χ3v) is 6.91. The monoisotopic (exact) mass is 450 g/mol. The summed E-state index contributed by atoms with van der Waals surface area (Å²) in [6.07, 6.45) is 3.26. The number of hydrogen-bond donors (Lipinski definition) is 1. The smallest absolute Gasteiger partial charge is 0.348 e. The minimum atomic E-state index is -0.502. The molecule has 1 aromatic heterocycles. The molecule has 2 aliphatic rings. The standard InChI is InChI=1S/C25H27FN4O3/c1-25(10-11-25)23(31)29-12-9-16(15-29)13-22-27-28-24(32)30(22)21-8-5-18(14-20(21)26)17-3-6-19(33-2)7-4-17/h3-8,14,16H,9-13,15H2,1-2H3,(H,28,32)/t16-/m0/s1. The largest absolute Gasteiger partial charge is 0.497 e. The number of likely N-dealkylation sites (tertiary alicyclic amines) is 1. The number of aromatic nitrogens is 3. The molecule has 5 rings (SSSR count). The molecule has 8 heteroatoms. The second kappa shape index (κ2) is 8.17. The van der Waals surface area contributed by atoms with Crippen LogP contribution >= 0.6 is 0 Å². The summed E-state index contributed by atoms with van der Waals surface area (Å²) in [7, 11) is 1.60. The van der Waals surface area contributed by atoms with E-state index < -0.39 is 11.5 Å². The summed E-state index contributed by atoms with van der Waals surface area (Å²) in [6, 6.07) is 12.2. The molecule has 0 spiro atoms. The zero-order valence-corrected chi connectivity index (χ0v) is 18.8. The van der Waals surface area contributed by atoms with Gasteiger partial charge in [-0.05, 0) is 60.6 Å². The maximum Gasteiger partial charge on any atom is 0.348 e. The van der Waals surface area contributed by atoms with Crippen LogP contribution in [0.5, 0.6) is 5.75 Å². The fraction of sp³-hybridized carbons (Fsp3) is 0.400. The highest BCUT2D eigenvalue weighted by molar-refractivity contribution is 5.85. The van der Waals surface area contributed by atoms with E-state index in [9.17, 15) is 9.59 Å². The summed E-state index contributed by atoms with van der Waals surface area (Å²) in [5, 5.41) is 6.63. The van der Waals surface area contributed by atoms with Crippen LogP contribution in [0.4, 0.5) is 4.39 Å². The van der Waals surface area contributed by atoms with Gasteiger partial charge in [-0.15, -0.1) is 0 Å². The van der Waals surface area contributed by atoms with Crippen molar-refractivity contribution in [1.29, 1.82) is 0 Å². The molecule has 0 unspecified atom stereocenters. The van der Waals surface area contributed by atoms with Crippen LogP contribution in [0.15, 0.2) is 47.3 Å². The highest BCUT2D eigenvalue weighted by atomic mass is 19.1. The Morgan fingerprint density at radius 1 is 1.21 bits per heavy atom. The number of carbonyl (C=O) groups excluding carboxylic acids is 1. The lowest BCUT2D eigenvalue weighted by atomic mass is 10.0. The molecule has 1 N–H and O–H groups in total. The van der Waals surface area contributed by atoms with E-state index in [1.807, 2.05) is 36.1 Å². The number of aromatic amines is 1. The maximum absolute atomic E-state index is 15.1. The number of benzene rings is 2. The summed E-state index contributed by atoms with van der Waals surface area (Å²) >= 11 is 0. The summed E-state index contributed by atoms with van der Waals surface area (Å²) in [5.74, 6) is 1.12. The van der Waals surface area contributed by atoms with Crippen molar-refractivity contribution in [2.75, 3.05) is 20.2 Å². The highest BCUT2D eigenvalue weighted by Crippen LogP contribution is 2.47. The predicted molar refractivity (Wildman–Crippen MR) is 122 cm³/mol. The van der Waals surface area contributed by atoms with E-state index in [0.717, 1.165) is 37.1 Å². The van der Waals surface area contributed by atoms with E-state index in [1.54, 1.807) is 19.2 Å². The van der Waals surface area contributed by atoms with Crippen LogP contribution in [-0.2, 0) is 11.2 Å². The average molecular weight is 451 g/mol. The van der Waals surface area contributed by atoms with Crippen molar-refractivity contribution in [3.05, 3.63) is 64.6 Å². The molecule has 3 aromatic rings. The maximum atomic E-state index is 15.1. The number of ether oxygens (including phenoxy) is 1. The van der Waals surface area contributed by atoms with Gasteiger partial charge in [0.05, 0.1) is 12.8 Å². The number of rotatable bonds is 6. The van der Waals surface area contributed by atoms with Gasteiger partial charge in [-0.25, -0.2) is 18.9 Å². The molecular weight excluding hydrogens is 423 g/mol. The Labute approximate surface area is 191 Å². The topological polar surface area (TPSA) is 80.2 Å². The van der Waals surface area contributed by atoms with Crippen LogP contribution in [0.1, 0.15) is 32.0 Å². The Kier molecular flexibility index (Phi) is 5.31. The molecule has 33 heavy (non-hydrogen) atoms. The number of hydrogen-bond acceptors (Lipinski definition) is 4. The van der Waals surface area contributed by atoms with E-state index in [2.05, 4.69) is 10.2 Å². The molecule has 2 aromatic carbocycles. The molecule has 0 radical (unpaired) electrons. The Morgan fingerprint density at radius 3 is 2.61 bits per heavy atom. The van der Waals surface area contributed by atoms with Gasteiger partial charge in [0.1, 0.15) is 17.4 Å². The molecule has 2 heterocycles. The van der Waals surface area contributed by atoms with Gasteiger partial charge < -0.3 is 9.64 Å². The van der Waals surface area contributed by atoms with Gasteiger partial charge in [-0.3, -0.25) is 4.79 Å². The Bertz CT molecular complexity index is 1240. The first-order valence-electron chi connectivity index (χ1n) is 11.3. The summed E-state index contributed by atoms with van der Waals surface area (Å²) in [5.41, 5.74) is 1.06. The molecule has 1 amide bonds. The minimum Gasteiger partial charge on any atom is -0.497 e. The normalized spacial score (nSPS) is 19.0. The second-order valence-corrected chi connectivity index (χ2v) is 9.35. The van der Waals surface area contributed by atoms with Crippen molar-refractivity contribution in [3.8, 4) is 22.6 Å². The Balaban J connectivity index is 1.36. The summed E-state index contributed by atoms with van der Waals surface area (Å²) in [4.78, 5) is 27.1. The van der Waals surface area contributed by atoms with Crippen LogP contribution < -0.4 is 10.4 Å². The van der Waals surface area contributed by atoms with Gasteiger partial charge in [0.2, 0.25) is 5.91 Å². The number of halogens is 1. The second-order valence-electron chi connectivity index (χ2n) is 9.35. The fourth-order valence-electron chi connectivity index (χ4n) is 4.59. The summed E-state index contributed by atoms with van der Waals surface area (Å²) in [6.45, 7) is 3.39. The summed E-state index contributed by atoms with van der Waals surface area (Å²) < 4.78 is 21.6. The Hall–Kier alpha value is -3.42. The molecule has 1 saturated carbocycles. The van der Waals surface area contributed by atoms with Crippen LogP contribution in [0, 0.1) is 17.2 Å². The quantitative estimate of drug-likeness (QED) is 0.623. The van der Waals surface area contributed by atoms with Gasteiger partial charge in [0, 0.05) is 24.9 Å². The fourth-order valence-corrected chi connectivity index (χ4v) is 4.59. The average Bonchev–Trinajstić information content (AvgIpc) is 3.24. The first kappa shape index (κ1) is 21.4. The molecule has 1 saturated heterocycles. The van der Waals surface area contributed by atoms with Gasteiger partial charge in [-0.1, -0.05) is 25.1 Å². The SMILES string of the molecule is COc1ccc(-c2ccc(-n3c(C[C@@H]4CCN(C(=O)C5(C)CC5)C4)n[nH]c3=O)c(F)c2)cc1. The number of nitrogens with zero attached hydrogens (tertiary/aromatic N) is 3. The van der Waals surface area contributed by atoms with Crippen LogP contribution in [-0.4, -0.2) is 45.8 Å². The number of amides is 1. The van der Waals surface area contributed by atoms with Crippen molar-refractivity contribution < 1.29 is 13.9 Å². The lowest BCUT2D eigenvalue weighted by Crippen LogP contribution is -2.34. The molecule has 2 fully saturated rings. The van der Waals surface area contributed by atoms with Crippen LogP contribution in [0.2, 0.25) is 0 Å². The van der Waals surface area contributed by atoms with Crippen LogP contribution in [0.3, 0.4) is 0 Å². The van der Waals surface area contributed by atoms with Crippen molar-refractivity contribution in [3.63, 3.8) is 0 Å². The molecule has 0 bridgehead atoms. The van der Waals surface area contributed by atoms with Crippen molar-refractivity contribution in [2.24, 2.45) is 11.3 Å². The zero-order chi connectivity index (χ0) is 23.2. The first-order chi connectivity index (χ1) is 15.9. The third-order valence-electron chi connectivity index (χ3n) is 6.91. The number of nitrogens with one attached hydrogen (secondary N) is 1. The molecule has 172 valence electrons. The lowest BCUT2D eigenvalue weighted by Gasteiger charge is -2.20. The zero-order valence-electron chi connectivity index (χ0n) is 18.8. The highest BCUT2D eigenvalue weighted by Gasteiger charge is 2.48. The lowest BCUT2D eigenvalue weighted by molar-refractivity contribution is -0.135. The van der Waals surface area contributed by atoms with E-state index in [4.69, 9.17) is 4.74 Å². The number of H-pyrrole nitrogens is 1. The van der Waals surface area contributed by atoms with Crippen LogP contribution in [0.25, 0.3) is 16.8 Å². The predicted octanol–water partition coefficient (Wildman–Crippen LogP) is 3.57. The molecule has 7 nitrogen and oxygen atoms in total. The van der Waals surface area contributed by atoms with E-state index >= 15 is 4.39 Å².